The van der Waals surface area contributed by atoms with Gasteiger partial charge in [-0.05, 0) is 13.0 Å². The van der Waals surface area contributed by atoms with E-state index in [1.807, 2.05) is 24.3 Å². The predicted octanol–water partition coefficient (Wildman–Crippen LogP) is 1.78. The van der Waals surface area contributed by atoms with Crippen LogP contribution in [0, 0.1) is 0 Å². The van der Waals surface area contributed by atoms with Crippen LogP contribution in [0.1, 0.15) is 33.4 Å². The Morgan fingerprint density at radius 1 is 1.08 bits per heavy atom. The van der Waals surface area contributed by atoms with Gasteiger partial charge in [0, 0.05) is 25.7 Å². The zero-order chi connectivity index (χ0) is 18.8. The molecule has 26 heavy (non-hydrogen) atoms. The van der Waals surface area contributed by atoms with E-state index in [0.717, 1.165) is 10.9 Å². The van der Waals surface area contributed by atoms with E-state index in [0.29, 0.717) is 0 Å². The number of ketones is 1. The molecular formula is C18H20N2O6. The Labute approximate surface area is 150 Å². The van der Waals surface area contributed by atoms with Gasteiger partial charge in [0.15, 0.2) is 18.4 Å². The van der Waals surface area contributed by atoms with Crippen LogP contribution in [0.25, 0.3) is 10.9 Å². The van der Waals surface area contributed by atoms with Gasteiger partial charge < -0.3 is 14.2 Å². The van der Waals surface area contributed by atoms with Crippen molar-refractivity contribution in [2.75, 3.05) is 0 Å². The quantitative estimate of drug-likeness (QED) is 0.750. The number of carbonyl (C=O) groups excluding carboxylic acids is 3. The number of nitrogens with zero attached hydrogens (tertiary/aromatic N) is 2. The largest absolute Gasteiger partial charge is 0.456 e. The van der Waals surface area contributed by atoms with Gasteiger partial charge in [-0.25, -0.2) is 4.68 Å². The van der Waals surface area contributed by atoms with Crippen molar-refractivity contribution < 1.29 is 28.6 Å². The van der Waals surface area contributed by atoms with Crippen molar-refractivity contribution in [3.8, 4) is 0 Å². The van der Waals surface area contributed by atoms with Gasteiger partial charge in [-0.2, -0.15) is 5.10 Å². The van der Waals surface area contributed by atoms with Gasteiger partial charge in [0.1, 0.15) is 11.9 Å². The van der Waals surface area contributed by atoms with Gasteiger partial charge in [0.25, 0.3) is 0 Å². The first-order chi connectivity index (χ1) is 12.4. The third kappa shape index (κ3) is 3.60. The van der Waals surface area contributed by atoms with Crippen LogP contribution < -0.4 is 0 Å². The molecule has 2 aromatic rings. The number of fused-ring (bicyclic) bond motifs is 1. The van der Waals surface area contributed by atoms with E-state index >= 15 is 0 Å². The molecule has 4 atom stereocenters. The van der Waals surface area contributed by atoms with E-state index in [1.165, 1.54) is 20.8 Å². The van der Waals surface area contributed by atoms with Crippen LogP contribution in [0.5, 0.6) is 0 Å². The van der Waals surface area contributed by atoms with E-state index in [-0.39, 0.29) is 12.2 Å². The zero-order valence-corrected chi connectivity index (χ0v) is 14.7. The van der Waals surface area contributed by atoms with Crippen LogP contribution in [0.15, 0.2) is 30.5 Å². The lowest BCUT2D eigenvalue weighted by Gasteiger charge is -2.23. The second kappa shape index (κ2) is 7.25. The fourth-order valence-corrected chi connectivity index (χ4v) is 3.20. The molecule has 0 radical (unpaired) electrons. The molecule has 1 saturated heterocycles. The highest BCUT2D eigenvalue weighted by Crippen LogP contribution is 2.36. The summed E-state index contributed by atoms with van der Waals surface area (Å²) in [5.41, 5.74) is 0.778. The Balaban J connectivity index is 2.02. The maximum atomic E-state index is 11.6. The first-order valence-electron chi connectivity index (χ1n) is 8.28. The lowest BCUT2D eigenvalue weighted by molar-refractivity contribution is -0.165. The standard InChI is InChI=1S/C18H20N2O6/c1-10(21)8-15-16(24-11(2)22)17(25-12(3)23)18(26-15)20-14-7-5-4-6-13(14)9-19-20/h4-7,9,15-18H,8H2,1-3H3/t15-,16-,17-,18-/m1/s1. The van der Waals surface area contributed by atoms with Crippen molar-refractivity contribution in [2.45, 2.75) is 51.7 Å². The molecule has 0 aliphatic carbocycles. The van der Waals surface area contributed by atoms with Crippen LogP contribution in [-0.4, -0.2) is 45.8 Å². The van der Waals surface area contributed by atoms with Crippen LogP contribution in [0.4, 0.5) is 0 Å². The topological polar surface area (TPSA) is 96.7 Å². The Bertz CT molecular complexity index is 845. The normalized spacial score (nSPS) is 25.2. The van der Waals surface area contributed by atoms with Gasteiger partial charge in [0.2, 0.25) is 0 Å². The number of ether oxygens (including phenoxy) is 3. The average Bonchev–Trinajstić information content (AvgIpc) is 3.10. The molecule has 1 aromatic heterocycles. The second-order valence-electron chi connectivity index (χ2n) is 6.27. The van der Waals surface area contributed by atoms with Crippen LogP contribution in [-0.2, 0) is 28.6 Å². The zero-order valence-electron chi connectivity index (χ0n) is 14.7. The summed E-state index contributed by atoms with van der Waals surface area (Å²) in [5.74, 6) is -1.21. The molecular weight excluding hydrogens is 340 g/mol. The molecule has 0 N–H and O–H groups in total. The number of para-hydroxylation sites is 1. The SMILES string of the molecule is CC(=O)C[C@H]1O[C@@H](n2ncc3ccccc32)[C@H](OC(C)=O)[C@@H]1OC(C)=O. The molecule has 1 fully saturated rings. The fourth-order valence-electron chi connectivity index (χ4n) is 3.20. The van der Waals surface area contributed by atoms with Crippen LogP contribution in [0.3, 0.4) is 0 Å². The molecule has 0 spiro atoms. The third-order valence-corrected chi connectivity index (χ3v) is 4.12. The van der Waals surface area contributed by atoms with Crippen LogP contribution in [0.2, 0.25) is 0 Å². The van der Waals surface area contributed by atoms with E-state index < -0.39 is 36.5 Å². The predicted molar refractivity (Wildman–Crippen MR) is 90.0 cm³/mol. The van der Waals surface area contributed by atoms with Gasteiger partial charge in [-0.3, -0.25) is 14.4 Å². The number of aromatic nitrogens is 2. The fraction of sp³-hybridized carbons (Fsp3) is 0.444. The summed E-state index contributed by atoms with van der Waals surface area (Å²) in [4.78, 5) is 34.8. The molecule has 138 valence electrons. The monoisotopic (exact) mass is 360 g/mol. The smallest absolute Gasteiger partial charge is 0.303 e. The second-order valence-corrected chi connectivity index (χ2v) is 6.27. The summed E-state index contributed by atoms with van der Waals surface area (Å²) >= 11 is 0. The molecule has 0 unspecified atom stereocenters. The number of rotatable bonds is 5. The lowest BCUT2D eigenvalue weighted by atomic mass is 10.1. The third-order valence-electron chi connectivity index (χ3n) is 4.12. The van der Waals surface area contributed by atoms with Crippen molar-refractivity contribution in [3.63, 3.8) is 0 Å². The maximum Gasteiger partial charge on any atom is 0.303 e. The summed E-state index contributed by atoms with van der Waals surface area (Å²) in [6.07, 6.45) is -1.65. The summed E-state index contributed by atoms with van der Waals surface area (Å²) < 4.78 is 18.3. The van der Waals surface area contributed by atoms with E-state index in [2.05, 4.69) is 5.10 Å². The first kappa shape index (κ1) is 18.1. The Kier molecular flexibility index (Phi) is 5.03. The number of Topliss-reactive ketones (excluding diaryl/α,β-unsaturated/α-hetero) is 1. The highest BCUT2D eigenvalue weighted by Gasteiger charge is 2.50. The van der Waals surface area contributed by atoms with E-state index in [1.54, 1.807) is 10.9 Å². The molecule has 1 aromatic carbocycles. The molecule has 0 saturated carbocycles. The number of benzene rings is 1. The summed E-state index contributed by atoms with van der Waals surface area (Å²) in [5, 5.41) is 5.22. The Hall–Kier alpha value is -2.74. The highest BCUT2D eigenvalue weighted by molar-refractivity contribution is 5.78. The number of carbonyl (C=O) groups is 3. The molecule has 1 aliphatic heterocycles. The highest BCUT2D eigenvalue weighted by atomic mass is 16.6. The summed E-state index contributed by atoms with van der Waals surface area (Å²) in [7, 11) is 0. The first-order valence-corrected chi connectivity index (χ1v) is 8.28. The molecule has 0 amide bonds. The molecule has 3 rings (SSSR count). The summed E-state index contributed by atoms with van der Waals surface area (Å²) in [6.45, 7) is 3.94. The van der Waals surface area contributed by atoms with E-state index in [9.17, 15) is 14.4 Å². The van der Waals surface area contributed by atoms with Gasteiger partial charge in [-0.1, -0.05) is 18.2 Å². The van der Waals surface area contributed by atoms with E-state index in [4.69, 9.17) is 14.2 Å². The molecule has 8 nitrogen and oxygen atoms in total. The number of esters is 2. The minimum absolute atomic E-state index is 0.0331. The van der Waals surface area contributed by atoms with Crippen molar-refractivity contribution in [2.24, 2.45) is 0 Å². The maximum absolute atomic E-state index is 11.6. The van der Waals surface area contributed by atoms with Crippen LogP contribution >= 0.6 is 0 Å². The lowest BCUT2D eigenvalue weighted by Crippen LogP contribution is -2.39. The van der Waals surface area contributed by atoms with Crippen molar-refractivity contribution >= 4 is 28.6 Å². The van der Waals surface area contributed by atoms with Gasteiger partial charge in [0.05, 0.1) is 11.7 Å². The molecule has 0 bridgehead atoms. The average molecular weight is 360 g/mol. The minimum Gasteiger partial charge on any atom is -0.456 e. The van der Waals surface area contributed by atoms with Gasteiger partial charge >= 0.3 is 11.9 Å². The molecule has 8 heteroatoms. The molecule has 1 aliphatic rings. The Morgan fingerprint density at radius 2 is 1.73 bits per heavy atom. The minimum atomic E-state index is -0.913. The number of hydrogen-bond acceptors (Lipinski definition) is 7. The number of hydrogen-bond donors (Lipinski definition) is 0. The van der Waals surface area contributed by atoms with Crippen molar-refractivity contribution in [3.05, 3.63) is 30.5 Å². The van der Waals surface area contributed by atoms with Crippen molar-refractivity contribution in [1.29, 1.82) is 0 Å². The van der Waals surface area contributed by atoms with Gasteiger partial charge in [-0.15, -0.1) is 0 Å². The van der Waals surface area contributed by atoms with Crippen molar-refractivity contribution in [1.82, 2.24) is 9.78 Å². The Morgan fingerprint density at radius 3 is 2.38 bits per heavy atom. The summed E-state index contributed by atoms with van der Waals surface area (Å²) in [6, 6.07) is 7.49. The molecule has 2 heterocycles.